The minimum Gasteiger partial charge on any atom is -0.352 e. The number of aryl methyl sites for hydroxylation is 3. The van der Waals surface area contributed by atoms with Gasteiger partial charge in [0.05, 0.1) is 22.4 Å². The van der Waals surface area contributed by atoms with E-state index < -0.39 is 0 Å². The number of thioether (sulfide) groups is 1. The van der Waals surface area contributed by atoms with Crippen molar-refractivity contribution < 1.29 is 9.59 Å². The van der Waals surface area contributed by atoms with E-state index in [9.17, 15) is 9.59 Å². The van der Waals surface area contributed by atoms with Gasteiger partial charge in [-0.3, -0.25) is 14.5 Å². The molecule has 1 aliphatic carbocycles. The molecule has 1 atom stereocenters. The molecule has 1 fully saturated rings. The number of rotatable bonds is 5. The van der Waals surface area contributed by atoms with E-state index in [-0.39, 0.29) is 35.1 Å². The number of amides is 2. The molecule has 0 bridgehead atoms. The fraction of sp³-hybridized carbons (Fsp3) is 0.433. The Balaban J connectivity index is 1.78. The van der Waals surface area contributed by atoms with Crippen molar-refractivity contribution in [1.82, 2.24) is 15.1 Å². The van der Waals surface area contributed by atoms with Gasteiger partial charge in [0.25, 0.3) is 0 Å². The second kappa shape index (κ2) is 9.67. The van der Waals surface area contributed by atoms with Crippen molar-refractivity contribution in [2.75, 3.05) is 17.2 Å². The average molecular weight is 517 g/mol. The van der Waals surface area contributed by atoms with Gasteiger partial charge in [0.1, 0.15) is 12.4 Å². The lowest BCUT2D eigenvalue weighted by Gasteiger charge is -2.25. The van der Waals surface area contributed by atoms with Crippen LogP contribution in [0.25, 0.3) is 5.69 Å². The first-order valence-corrected chi connectivity index (χ1v) is 14.1. The molecule has 2 heterocycles. The number of fused-ring (bicyclic) bond motifs is 1. The van der Waals surface area contributed by atoms with E-state index in [1.807, 2.05) is 10.7 Å². The van der Waals surface area contributed by atoms with Crippen LogP contribution in [-0.4, -0.2) is 39.9 Å². The molecule has 5 rings (SSSR count). The molecule has 2 amide bonds. The molecule has 1 unspecified atom stereocenters. The smallest absolute Gasteiger partial charge is 0.240 e. The molecule has 0 saturated heterocycles. The van der Waals surface area contributed by atoms with Crippen LogP contribution in [0.5, 0.6) is 0 Å². The van der Waals surface area contributed by atoms with Gasteiger partial charge in [0.15, 0.2) is 0 Å². The highest BCUT2D eigenvalue weighted by Crippen LogP contribution is 2.49. The molecule has 1 aliphatic heterocycles. The van der Waals surface area contributed by atoms with Crippen LogP contribution in [0.15, 0.2) is 42.5 Å². The topological polar surface area (TPSA) is 67.2 Å². The maximum absolute atomic E-state index is 13.7. The van der Waals surface area contributed by atoms with Gasteiger partial charge in [0.2, 0.25) is 11.8 Å². The molecule has 2 aromatic carbocycles. The van der Waals surface area contributed by atoms with Gasteiger partial charge in [-0.25, -0.2) is 4.68 Å². The molecule has 0 spiro atoms. The molecule has 194 valence electrons. The summed E-state index contributed by atoms with van der Waals surface area (Å²) in [6.45, 7) is 12.8. The summed E-state index contributed by atoms with van der Waals surface area (Å²) >= 11 is 1.63. The highest BCUT2D eigenvalue weighted by Gasteiger charge is 2.40. The largest absolute Gasteiger partial charge is 0.352 e. The van der Waals surface area contributed by atoms with Crippen LogP contribution in [0.2, 0.25) is 0 Å². The summed E-state index contributed by atoms with van der Waals surface area (Å²) in [5, 5.41) is 8.21. The molecule has 2 aliphatic rings. The summed E-state index contributed by atoms with van der Waals surface area (Å²) in [6, 6.07) is 14.9. The minimum absolute atomic E-state index is 0.0103. The Morgan fingerprint density at radius 3 is 2.46 bits per heavy atom. The second-order valence-electron chi connectivity index (χ2n) is 11.4. The van der Waals surface area contributed by atoms with Gasteiger partial charge in [-0.15, -0.1) is 11.8 Å². The number of nitrogens with zero attached hydrogens (tertiary/aromatic N) is 3. The molecule has 37 heavy (non-hydrogen) atoms. The summed E-state index contributed by atoms with van der Waals surface area (Å²) in [6.07, 6.45) is 2.01. The zero-order valence-corrected chi connectivity index (χ0v) is 23.4. The molecule has 3 aromatic rings. The maximum atomic E-state index is 13.7. The first-order valence-electron chi connectivity index (χ1n) is 13.0. The summed E-state index contributed by atoms with van der Waals surface area (Å²) in [5.41, 5.74) is 7.22. The van der Waals surface area contributed by atoms with Gasteiger partial charge in [-0.1, -0.05) is 62.7 Å². The van der Waals surface area contributed by atoms with Crippen molar-refractivity contribution in [3.05, 3.63) is 76.0 Å². The zero-order valence-electron chi connectivity index (χ0n) is 22.6. The Bertz CT molecular complexity index is 1370. The lowest BCUT2D eigenvalue weighted by Crippen LogP contribution is -2.43. The van der Waals surface area contributed by atoms with Crippen molar-refractivity contribution in [3.63, 3.8) is 0 Å². The Hall–Kier alpha value is -3.06. The van der Waals surface area contributed by atoms with Crippen molar-refractivity contribution in [1.29, 1.82) is 0 Å². The number of anilines is 1. The fourth-order valence-electron chi connectivity index (χ4n) is 5.06. The van der Waals surface area contributed by atoms with Crippen molar-refractivity contribution in [2.24, 2.45) is 0 Å². The monoisotopic (exact) mass is 516 g/mol. The van der Waals surface area contributed by atoms with Gasteiger partial charge in [0, 0.05) is 17.0 Å². The lowest BCUT2D eigenvalue weighted by molar-refractivity contribution is -0.123. The average Bonchev–Trinajstić information content (AvgIpc) is 3.56. The molecular weight excluding hydrogens is 480 g/mol. The highest BCUT2D eigenvalue weighted by molar-refractivity contribution is 8.00. The standard InChI is InChI=1S/C30H36N4O2S/c1-18-11-14-23(20(3)15-18)34-29-26(28(32-34)30(4,5)6)27(22-10-8-7-9-19(22)2)37-17-25(36)33(29)16-24(35)31-21-12-13-21/h7-11,14-15,21,27H,12-13,16-17H2,1-6H3,(H,31,35). The minimum atomic E-state index is -0.273. The van der Waals surface area contributed by atoms with E-state index in [2.05, 4.69) is 83.3 Å². The van der Waals surface area contributed by atoms with E-state index in [1.54, 1.807) is 16.7 Å². The molecule has 6 nitrogen and oxygen atoms in total. The first kappa shape index (κ1) is 25.6. The maximum Gasteiger partial charge on any atom is 0.240 e. The highest BCUT2D eigenvalue weighted by atomic mass is 32.2. The number of nitrogens with one attached hydrogen (secondary N) is 1. The normalized spacial score (nSPS) is 17.9. The Morgan fingerprint density at radius 1 is 1.08 bits per heavy atom. The van der Waals surface area contributed by atoms with Gasteiger partial charge in [-0.2, -0.15) is 5.10 Å². The summed E-state index contributed by atoms with van der Waals surface area (Å²) in [7, 11) is 0. The number of hydrogen-bond donors (Lipinski definition) is 1. The fourth-order valence-corrected chi connectivity index (χ4v) is 6.35. The van der Waals surface area contributed by atoms with Gasteiger partial charge < -0.3 is 5.32 Å². The quantitative estimate of drug-likeness (QED) is 0.483. The van der Waals surface area contributed by atoms with Crippen LogP contribution in [0.3, 0.4) is 0 Å². The SMILES string of the molecule is Cc1ccc(-n2nc(C(C)(C)C)c3c2N(CC(=O)NC2CC2)C(=O)CSC3c2ccccc2C)c(C)c1. The lowest BCUT2D eigenvalue weighted by atomic mass is 9.86. The van der Waals surface area contributed by atoms with Crippen LogP contribution >= 0.6 is 11.8 Å². The summed E-state index contributed by atoms with van der Waals surface area (Å²) in [5.74, 6) is 0.818. The van der Waals surface area contributed by atoms with Crippen molar-refractivity contribution in [2.45, 2.75) is 71.1 Å². The second-order valence-corrected chi connectivity index (χ2v) is 12.5. The molecule has 0 radical (unpaired) electrons. The van der Waals surface area contributed by atoms with E-state index >= 15 is 0 Å². The van der Waals surface area contributed by atoms with Crippen LogP contribution in [0.1, 0.15) is 72.4 Å². The third-order valence-corrected chi connectivity index (χ3v) is 8.33. The molecule has 1 N–H and O–H groups in total. The number of aromatic nitrogens is 2. The Morgan fingerprint density at radius 2 is 1.81 bits per heavy atom. The van der Waals surface area contributed by atoms with E-state index in [1.165, 1.54) is 16.7 Å². The van der Waals surface area contributed by atoms with Crippen LogP contribution in [0, 0.1) is 20.8 Å². The first-order chi connectivity index (χ1) is 17.5. The van der Waals surface area contributed by atoms with E-state index in [0.717, 1.165) is 35.3 Å². The molecule has 1 saturated carbocycles. The van der Waals surface area contributed by atoms with Crippen molar-refractivity contribution in [3.8, 4) is 5.69 Å². The van der Waals surface area contributed by atoms with Crippen LogP contribution in [0.4, 0.5) is 5.82 Å². The van der Waals surface area contributed by atoms with E-state index in [4.69, 9.17) is 5.10 Å². The third kappa shape index (κ3) is 5.06. The van der Waals surface area contributed by atoms with Crippen LogP contribution in [-0.2, 0) is 15.0 Å². The molecular formula is C30H36N4O2S. The predicted molar refractivity (Wildman–Crippen MR) is 151 cm³/mol. The van der Waals surface area contributed by atoms with Crippen molar-refractivity contribution >= 4 is 29.4 Å². The predicted octanol–water partition coefficient (Wildman–Crippen LogP) is 5.54. The van der Waals surface area contributed by atoms with E-state index in [0.29, 0.717) is 11.6 Å². The Labute approximate surface area is 223 Å². The van der Waals surface area contributed by atoms with Gasteiger partial charge in [-0.05, 0) is 56.4 Å². The number of benzene rings is 2. The Kier molecular flexibility index (Phi) is 6.69. The number of carbonyl (C=O) groups excluding carboxylic acids is 2. The summed E-state index contributed by atoms with van der Waals surface area (Å²) in [4.78, 5) is 28.5. The number of hydrogen-bond acceptors (Lipinski definition) is 4. The molecule has 7 heteroatoms. The zero-order chi connectivity index (χ0) is 26.5. The molecule has 1 aromatic heterocycles. The van der Waals surface area contributed by atoms with Gasteiger partial charge >= 0.3 is 0 Å². The number of carbonyl (C=O) groups is 2. The third-order valence-electron chi connectivity index (χ3n) is 7.10. The van der Waals surface area contributed by atoms with Crippen LogP contribution < -0.4 is 10.2 Å². The summed E-state index contributed by atoms with van der Waals surface area (Å²) < 4.78 is 1.92.